The van der Waals surface area contributed by atoms with Crippen LogP contribution < -0.4 is 4.90 Å². The number of anilines is 1. The zero-order chi connectivity index (χ0) is 27.4. The number of hydrogen-bond acceptors (Lipinski definition) is 7. The van der Waals surface area contributed by atoms with E-state index >= 15 is 0 Å². The van der Waals surface area contributed by atoms with E-state index in [9.17, 15) is 13.2 Å². The lowest BCUT2D eigenvalue weighted by molar-refractivity contribution is 0.0978. The maximum absolute atomic E-state index is 13.8. The topological polar surface area (TPSA) is 83.1 Å². The molecule has 1 fully saturated rings. The van der Waals surface area contributed by atoms with Crippen LogP contribution in [0.2, 0.25) is 0 Å². The van der Waals surface area contributed by atoms with Crippen LogP contribution in [0.25, 0.3) is 10.2 Å². The van der Waals surface area contributed by atoms with Crippen LogP contribution in [0.5, 0.6) is 0 Å². The van der Waals surface area contributed by atoms with Crippen molar-refractivity contribution in [3.63, 3.8) is 0 Å². The van der Waals surface area contributed by atoms with E-state index in [1.165, 1.54) is 27.8 Å². The van der Waals surface area contributed by atoms with Gasteiger partial charge in [-0.25, -0.2) is 13.4 Å². The number of thiazole rings is 1. The summed E-state index contributed by atoms with van der Waals surface area (Å²) >= 11 is 1.51. The van der Waals surface area contributed by atoms with Crippen molar-refractivity contribution >= 4 is 42.6 Å². The van der Waals surface area contributed by atoms with Gasteiger partial charge in [0.05, 0.1) is 21.2 Å². The number of sulfonamides is 1. The number of nitrogens with zero attached hydrogens (tertiary/aromatic N) is 4. The number of fused-ring (bicyclic) bond motifs is 1. The molecule has 0 aliphatic carbocycles. The molecule has 1 aliphatic rings. The standard InChI is InChI=1S/C28H38N4O4S2/c1-6-31(7-2)14-15-32(28-29-26-21(4)17-20(3)18-25(26)37-28)27(33)22-10-12-24(13-11-22)38(34,35)30(5)19-23-9-8-16-36-23/h10-13,17-18,23H,6-9,14-16,19H2,1-5H3. The van der Waals surface area contributed by atoms with E-state index in [4.69, 9.17) is 9.72 Å². The molecule has 1 aromatic heterocycles. The fourth-order valence-corrected chi connectivity index (χ4v) is 7.19. The van der Waals surface area contributed by atoms with Gasteiger partial charge in [-0.05, 0) is 81.2 Å². The molecule has 3 aromatic rings. The molecule has 4 rings (SSSR count). The summed E-state index contributed by atoms with van der Waals surface area (Å²) in [5.41, 5.74) is 3.58. The summed E-state index contributed by atoms with van der Waals surface area (Å²) in [5.74, 6) is -0.192. The molecule has 2 aromatic carbocycles. The highest BCUT2D eigenvalue weighted by atomic mass is 32.2. The van der Waals surface area contributed by atoms with Crippen LogP contribution >= 0.6 is 11.3 Å². The quantitative estimate of drug-likeness (QED) is 0.339. The maximum Gasteiger partial charge on any atom is 0.260 e. The summed E-state index contributed by atoms with van der Waals surface area (Å²) < 4.78 is 34.2. The minimum Gasteiger partial charge on any atom is -0.377 e. The third kappa shape index (κ3) is 6.26. The van der Waals surface area contributed by atoms with Gasteiger partial charge in [0.15, 0.2) is 5.13 Å². The smallest absolute Gasteiger partial charge is 0.260 e. The number of hydrogen-bond donors (Lipinski definition) is 0. The summed E-state index contributed by atoms with van der Waals surface area (Å²) in [4.78, 5) is 22.8. The van der Waals surface area contributed by atoms with Gasteiger partial charge >= 0.3 is 0 Å². The molecule has 1 aliphatic heterocycles. The van der Waals surface area contributed by atoms with Gasteiger partial charge in [0.1, 0.15) is 0 Å². The first-order valence-corrected chi connectivity index (χ1v) is 15.5. The molecule has 1 saturated heterocycles. The lowest BCUT2D eigenvalue weighted by Crippen LogP contribution is -2.39. The monoisotopic (exact) mass is 558 g/mol. The Bertz CT molecular complexity index is 1360. The number of rotatable bonds is 11. The highest BCUT2D eigenvalue weighted by Gasteiger charge is 2.27. The molecule has 1 unspecified atom stereocenters. The largest absolute Gasteiger partial charge is 0.377 e. The number of carbonyl (C=O) groups is 1. The molecule has 0 N–H and O–H groups in total. The molecule has 1 amide bonds. The molecule has 0 saturated carbocycles. The SMILES string of the molecule is CCN(CC)CCN(C(=O)c1ccc(S(=O)(=O)N(C)CC2CCCO2)cc1)c1nc2c(C)cc(C)cc2s1. The Morgan fingerprint density at radius 1 is 1.11 bits per heavy atom. The molecule has 8 nitrogen and oxygen atoms in total. The molecule has 2 heterocycles. The molecule has 0 bridgehead atoms. The van der Waals surface area contributed by atoms with Crippen LogP contribution in [-0.2, 0) is 14.8 Å². The van der Waals surface area contributed by atoms with E-state index in [1.54, 1.807) is 24.1 Å². The normalized spacial score (nSPS) is 16.1. The van der Waals surface area contributed by atoms with Crippen molar-refractivity contribution < 1.29 is 17.9 Å². The van der Waals surface area contributed by atoms with E-state index in [0.29, 0.717) is 36.9 Å². The Kier molecular flexibility index (Phi) is 9.20. The number of likely N-dealkylation sites (N-methyl/N-ethyl adjacent to an activating group) is 2. The van der Waals surface area contributed by atoms with Crippen LogP contribution in [0.15, 0.2) is 41.3 Å². The fraction of sp³-hybridized carbons (Fsp3) is 0.500. The second-order valence-electron chi connectivity index (χ2n) is 9.85. The van der Waals surface area contributed by atoms with E-state index in [1.807, 2.05) is 6.92 Å². The number of aryl methyl sites for hydroxylation is 2. The van der Waals surface area contributed by atoms with E-state index in [-0.39, 0.29) is 16.9 Å². The van der Waals surface area contributed by atoms with Gasteiger partial charge in [-0.2, -0.15) is 4.31 Å². The van der Waals surface area contributed by atoms with E-state index in [2.05, 4.69) is 37.8 Å². The third-order valence-electron chi connectivity index (χ3n) is 7.12. The van der Waals surface area contributed by atoms with Gasteiger partial charge < -0.3 is 9.64 Å². The first-order valence-electron chi connectivity index (χ1n) is 13.2. The van der Waals surface area contributed by atoms with Crippen LogP contribution in [0.3, 0.4) is 0 Å². The molecular formula is C28H38N4O4S2. The fourth-order valence-electron chi connectivity index (χ4n) is 4.82. The van der Waals surface area contributed by atoms with Crippen LogP contribution in [-0.4, -0.2) is 81.0 Å². The average Bonchev–Trinajstić information content (AvgIpc) is 3.56. The van der Waals surface area contributed by atoms with Gasteiger partial charge in [-0.1, -0.05) is 31.3 Å². The highest BCUT2D eigenvalue weighted by molar-refractivity contribution is 7.89. The summed E-state index contributed by atoms with van der Waals surface area (Å²) in [6.07, 6.45) is 1.74. The predicted octanol–water partition coefficient (Wildman–Crippen LogP) is 4.70. The summed E-state index contributed by atoms with van der Waals surface area (Å²) in [6, 6.07) is 10.4. The Morgan fingerprint density at radius 2 is 1.82 bits per heavy atom. The molecular weight excluding hydrogens is 520 g/mol. The van der Waals surface area contributed by atoms with Crippen LogP contribution in [0, 0.1) is 13.8 Å². The minimum absolute atomic E-state index is 0.0729. The molecule has 0 radical (unpaired) electrons. The number of amides is 1. The van der Waals surface area contributed by atoms with Crippen molar-refractivity contribution in [1.29, 1.82) is 0 Å². The van der Waals surface area contributed by atoms with Gasteiger partial charge in [0.25, 0.3) is 5.91 Å². The molecule has 10 heteroatoms. The van der Waals surface area contributed by atoms with Gasteiger partial charge in [-0.3, -0.25) is 9.69 Å². The molecule has 206 valence electrons. The number of aromatic nitrogens is 1. The summed E-state index contributed by atoms with van der Waals surface area (Å²) in [7, 11) is -2.11. The van der Waals surface area contributed by atoms with Crippen molar-refractivity contribution in [3.05, 3.63) is 53.1 Å². The number of benzene rings is 2. The minimum atomic E-state index is -3.68. The highest BCUT2D eigenvalue weighted by Crippen LogP contribution is 2.32. The van der Waals surface area contributed by atoms with Gasteiger partial charge in [0.2, 0.25) is 10.0 Å². The Labute approximate surface area is 230 Å². The summed E-state index contributed by atoms with van der Waals surface area (Å²) in [6.45, 7) is 12.3. The summed E-state index contributed by atoms with van der Waals surface area (Å²) in [5, 5.41) is 0.652. The second-order valence-corrected chi connectivity index (χ2v) is 12.9. The lowest BCUT2D eigenvalue weighted by Gasteiger charge is -2.25. The second kappa shape index (κ2) is 12.2. The molecule has 38 heavy (non-hydrogen) atoms. The average molecular weight is 559 g/mol. The maximum atomic E-state index is 13.8. The predicted molar refractivity (Wildman–Crippen MR) is 154 cm³/mol. The molecule has 1 atom stereocenters. The zero-order valence-electron chi connectivity index (χ0n) is 22.9. The Hall–Kier alpha value is -2.37. The van der Waals surface area contributed by atoms with E-state index < -0.39 is 10.0 Å². The van der Waals surface area contributed by atoms with Crippen molar-refractivity contribution in [2.24, 2.45) is 0 Å². The third-order valence-corrected chi connectivity index (χ3v) is 9.99. The van der Waals surface area contributed by atoms with Gasteiger partial charge in [-0.15, -0.1) is 0 Å². The first kappa shape index (κ1) is 28.6. The van der Waals surface area contributed by atoms with Crippen molar-refractivity contribution in [2.75, 3.05) is 51.3 Å². The Morgan fingerprint density at radius 3 is 2.45 bits per heavy atom. The van der Waals surface area contributed by atoms with Gasteiger partial charge in [0, 0.05) is 38.9 Å². The zero-order valence-corrected chi connectivity index (χ0v) is 24.6. The van der Waals surface area contributed by atoms with Crippen LogP contribution in [0.4, 0.5) is 5.13 Å². The van der Waals surface area contributed by atoms with Crippen molar-refractivity contribution in [2.45, 2.75) is 51.5 Å². The van der Waals surface area contributed by atoms with E-state index in [0.717, 1.165) is 47.3 Å². The van der Waals surface area contributed by atoms with Crippen LogP contribution in [0.1, 0.15) is 48.2 Å². The first-order chi connectivity index (χ1) is 18.1. The lowest BCUT2D eigenvalue weighted by atomic mass is 10.1. The number of carbonyl (C=O) groups excluding carboxylic acids is 1. The van der Waals surface area contributed by atoms with Crippen molar-refractivity contribution in [1.82, 2.24) is 14.2 Å². The number of ether oxygens (including phenoxy) is 1. The molecule has 0 spiro atoms. The Balaban J connectivity index is 1.60. The van der Waals surface area contributed by atoms with Crippen molar-refractivity contribution in [3.8, 4) is 0 Å².